The highest BCUT2D eigenvalue weighted by Crippen LogP contribution is 2.32. The van der Waals surface area contributed by atoms with Gasteiger partial charge in [0, 0.05) is 23.6 Å². The van der Waals surface area contributed by atoms with Crippen LogP contribution in [-0.2, 0) is 14.4 Å². The van der Waals surface area contributed by atoms with Crippen LogP contribution in [0.1, 0.15) is 37.7 Å². The monoisotopic (exact) mass is 353 g/mol. The second-order valence-electron chi connectivity index (χ2n) is 5.44. The summed E-state index contributed by atoms with van der Waals surface area (Å²) >= 11 is 6.01. The molecule has 1 aromatic rings. The molecule has 0 unspecified atom stereocenters. The van der Waals surface area contributed by atoms with Gasteiger partial charge in [0.2, 0.25) is 5.91 Å². The number of unbranched alkanes of at least 4 members (excludes halogenated alkanes) is 3. The highest BCUT2D eigenvalue weighted by molar-refractivity contribution is 6.54. The maximum atomic E-state index is 12.5. The molecule has 7 nitrogen and oxygen atoms in total. The number of carbonyl (C=O) groups is 2. The van der Waals surface area contributed by atoms with Crippen LogP contribution in [0.5, 0.6) is 0 Å². The number of rotatable bonds is 8. The molecule has 2 amide bonds. The first kappa shape index (κ1) is 18.2. The number of carbonyl (C=O) groups excluding carboxylic acids is 2. The first-order valence-electron chi connectivity index (χ1n) is 7.74. The Kier molecular flexibility index (Phi) is 6.57. The molecule has 0 radical (unpaired) electrons. The molecule has 1 aliphatic rings. The van der Waals surface area contributed by atoms with Crippen LogP contribution < -0.4 is 10.4 Å². The van der Waals surface area contributed by atoms with Crippen LogP contribution in [0.25, 0.3) is 0 Å². The quantitative estimate of drug-likeness (QED) is 0.426. The number of nitrogens with zero attached hydrogens (tertiary/aromatic N) is 2. The van der Waals surface area contributed by atoms with E-state index in [4.69, 9.17) is 21.6 Å². The van der Waals surface area contributed by atoms with Gasteiger partial charge in [0.15, 0.2) is 5.71 Å². The summed E-state index contributed by atoms with van der Waals surface area (Å²) in [7, 11) is 1.40. The Bertz CT molecular complexity index is 648. The number of fused-ring (bicyclic) bond motifs is 1. The molecule has 8 heteroatoms. The van der Waals surface area contributed by atoms with Gasteiger partial charge in [0.25, 0.3) is 5.91 Å². The van der Waals surface area contributed by atoms with Crippen LogP contribution in [0.15, 0.2) is 23.4 Å². The van der Waals surface area contributed by atoms with Crippen LogP contribution in [0.4, 0.5) is 5.69 Å². The van der Waals surface area contributed by atoms with Gasteiger partial charge in [-0.05, 0) is 31.0 Å². The van der Waals surface area contributed by atoms with Crippen molar-refractivity contribution >= 4 is 34.8 Å². The zero-order chi connectivity index (χ0) is 17.5. The Morgan fingerprint density at radius 2 is 2.08 bits per heavy atom. The van der Waals surface area contributed by atoms with Gasteiger partial charge in [-0.15, -0.1) is 0 Å². The molecule has 0 saturated carbocycles. The Balaban J connectivity index is 1.93. The van der Waals surface area contributed by atoms with Gasteiger partial charge >= 0.3 is 0 Å². The number of hydrogen-bond donors (Lipinski definition) is 2. The van der Waals surface area contributed by atoms with Crippen LogP contribution in [-0.4, -0.2) is 36.4 Å². The molecule has 1 heterocycles. The van der Waals surface area contributed by atoms with Gasteiger partial charge < -0.3 is 9.74 Å². The number of oxime groups is 1. The van der Waals surface area contributed by atoms with E-state index in [2.05, 4.69) is 5.16 Å². The molecular weight excluding hydrogens is 334 g/mol. The molecule has 1 aromatic carbocycles. The fraction of sp³-hybridized carbons (Fsp3) is 0.438. The number of halogens is 1. The lowest BCUT2D eigenvalue weighted by Gasteiger charge is -2.16. The first-order chi connectivity index (χ1) is 11.6. The number of anilines is 1. The van der Waals surface area contributed by atoms with E-state index in [1.54, 1.807) is 28.6 Å². The predicted molar refractivity (Wildman–Crippen MR) is 90.4 cm³/mol. The third kappa shape index (κ3) is 4.24. The Labute approximate surface area is 145 Å². The van der Waals surface area contributed by atoms with Gasteiger partial charge in [-0.2, -0.15) is 0 Å². The number of nitrogens with one attached hydrogen (secondary N) is 1. The van der Waals surface area contributed by atoms with Crippen LogP contribution in [0.3, 0.4) is 0 Å². The van der Waals surface area contributed by atoms with Crippen LogP contribution in [0, 0.1) is 0 Å². The Hall–Kier alpha value is -2.12. The average Bonchev–Trinajstić information content (AvgIpc) is 2.82. The van der Waals surface area contributed by atoms with E-state index in [0.29, 0.717) is 30.0 Å². The summed E-state index contributed by atoms with van der Waals surface area (Å²) in [6.07, 6.45) is 3.52. The lowest BCUT2D eigenvalue weighted by Crippen LogP contribution is -2.31. The summed E-state index contributed by atoms with van der Waals surface area (Å²) in [4.78, 5) is 29.9. The summed E-state index contributed by atoms with van der Waals surface area (Å²) in [6, 6.07) is 5.25. The first-order valence-corrected chi connectivity index (χ1v) is 8.12. The van der Waals surface area contributed by atoms with Crippen molar-refractivity contribution < 1.29 is 19.6 Å². The highest BCUT2D eigenvalue weighted by Gasteiger charge is 2.34. The Morgan fingerprint density at radius 3 is 2.79 bits per heavy atom. The van der Waals surface area contributed by atoms with Gasteiger partial charge in [0.1, 0.15) is 7.11 Å². The van der Waals surface area contributed by atoms with E-state index in [1.165, 1.54) is 7.11 Å². The van der Waals surface area contributed by atoms with E-state index >= 15 is 0 Å². The fourth-order valence-electron chi connectivity index (χ4n) is 2.65. The van der Waals surface area contributed by atoms with Crippen LogP contribution in [0.2, 0.25) is 5.02 Å². The molecule has 130 valence electrons. The van der Waals surface area contributed by atoms with Crippen molar-refractivity contribution in [2.75, 3.05) is 18.6 Å². The van der Waals surface area contributed by atoms with Crippen molar-refractivity contribution in [3.8, 4) is 0 Å². The van der Waals surface area contributed by atoms with E-state index in [0.717, 1.165) is 24.9 Å². The number of benzene rings is 1. The van der Waals surface area contributed by atoms with Gasteiger partial charge in [-0.3, -0.25) is 14.8 Å². The van der Waals surface area contributed by atoms with Gasteiger partial charge in [-0.1, -0.05) is 29.6 Å². The number of hydroxylamine groups is 1. The van der Waals surface area contributed by atoms with E-state index in [9.17, 15) is 9.59 Å². The molecular formula is C16H20ClN3O4. The Morgan fingerprint density at radius 1 is 1.33 bits per heavy atom. The summed E-state index contributed by atoms with van der Waals surface area (Å²) in [5.74, 6) is -0.579. The standard InChI is InChI=1S/C16H20ClN3O4/c1-24-19-15-12-10-11(17)7-8-13(12)20(16(15)22)9-5-3-2-4-6-14(21)18-23/h7-8,10,23H,2-6,9H2,1H3,(H,18,21)/b19-15-. The van der Waals surface area contributed by atoms with Crippen molar-refractivity contribution in [3.05, 3.63) is 28.8 Å². The molecule has 0 aromatic heterocycles. The molecule has 0 bridgehead atoms. The van der Waals surface area contributed by atoms with Crippen molar-refractivity contribution in [2.45, 2.75) is 32.1 Å². The summed E-state index contributed by atoms with van der Waals surface area (Å²) in [5.41, 5.74) is 3.32. The molecule has 0 fully saturated rings. The van der Waals surface area contributed by atoms with Crippen molar-refractivity contribution in [3.63, 3.8) is 0 Å². The molecule has 2 rings (SSSR count). The lowest BCUT2D eigenvalue weighted by molar-refractivity contribution is -0.129. The van der Waals surface area contributed by atoms with Crippen molar-refractivity contribution in [1.29, 1.82) is 0 Å². The average molecular weight is 354 g/mol. The normalized spacial score (nSPS) is 14.9. The third-order valence-electron chi connectivity index (χ3n) is 3.80. The van der Waals surface area contributed by atoms with Gasteiger partial charge in [0.05, 0.1) is 5.69 Å². The topological polar surface area (TPSA) is 91.2 Å². The van der Waals surface area contributed by atoms with Crippen molar-refractivity contribution in [2.24, 2.45) is 5.16 Å². The number of hydrogen-bond acceptors (Lipinski definition) is 5. The second kappa shape index (κ2) is 8.65. The molecule has 2 N–H and O–H groups in total. The van der Waals surface area contributed by atoms with Crippen LogP contribution >= 0.6 is 11.6 Å². The minimum Gasteiger partial charge on any atom is -0.398 e. The highest BCUT2D eigenvalue weighted by atomic mass is 35.5. The van der Waals surface area contributed by atoms with Gasteiger partial charge in [-0.25, -0.2) is 5.48 Å². The van der Waals surface area contributed by atoms with Crippen molar-refractivity contribution in [1.82, 2.24) is 5.48 Å². The minimum absolute atomic E-state index is 0.200. The lowest BCUT2D eigenvalue weighted by atomic mass is 10.1. The predicted octanol–water partition coefficient (Wildman–Crippen LogP) is 2.49. The fourth-order valence-corrected chi connectivity index (χ4v) is 2.82. The molecule has 24 heavy (non-hydrogen) atoms. The second-order valence-corrected chi connectivity index (χ2v) is 5.88. The molecule has 0 spiro atoms. The molecule has 1 aliphatic heterocycles. The molecule has 0 atom stereocenters. The molecule has 0 aliphatic carbocycles. The van der Waals surface area contributed by atoms with E-state index < -0.39 is 0 Å². The van der Waals surface area contributed by atoms with E-state index in [-0.39, 0.29) is 17.5 Å². The smallest absolute Gasteiger partial charge is 0.281 e. The minimum atomic E-state index is -0.379. The summed E-state index contributed by atoms with van der Waals surface area (Å²) in [5, 5.41) is 12.8. The molecule has 0 saturated heterocycles. The summed E-state index contributed by atoms with van der Waals surface area (Å²) < 4.78 is 0. The summed E-state index contributed by atoms with van der Waals surface area (Å²) in [6.45, 7) is 0.558. The maximum absolute atomic E-state index is 12.5. The van der Waals surface area contributed by atoms with E-state index in [1.807, 2.05) is 0 Å². The largest absolute Gasteiger partial charge is 0.398 e. The SMILES string of the molecule is CO/N=C1\C(=O)N(CCCCCCC(=O)NO)c2ccc(Cl)cc21. The zero-order valence-corrected chi connectivity index (χ0v) is 14.2. The number of amides is 2. The zero-order valence-electron chi connectivity index (χ0n) is 13.4. The maximum Gasteiger partial charge on any atom is 0.281 e. The third-order valence-corrected chi connectivity index (χ3v) is 4.03.